The minimum atomic E-state index is 0.314. The van der Waals surface area contributed by atoms with Crippen molar-refractivity contribution in [3.8, 4) is 0 Å². The molecule has 0 bridgehead atoms. The smallest absolute Gasteiger partial charge is 0.0678 e. The highest BCUT2D eigenvalue weighted by atomic mass is 16.5. The number of rotatable bonds is 2. The lowest BCUT2D eigenvalue weighted by molar-refractivity contribution is -0.0704. The van der Waals surface area contributed by atoms with E-state index in [1.54, 1.807) is 0 Å². The molecule has 0 amide bonds. The first-order chi connectivity index (χ1) is 7.65. The summed E-state index contributed by atoms with van der Waals surface area (Å²) in [6.07, 6.45) is 0.627. The molecule has 0 radical (unpaired) electrons. The fourth-order valence-corrected chi connectivity index (χ4v) is 2.33. The highest BCUT2D eigenvalue weighted by Gasteiger charge is 2.22. The van der Waals surface area contributed by atoms with Gasteiger partial charge in [-0.1, -0.05) is 18.2 Å². The quantitative estimate of drug-likeness (QED) is 0.773. The van der Waals surface area contributed by atoms with Crippen LogP contribution in [0.5, 0.6) is 0 Å². The molecule has 1 heterocycles. The Morgan fingerprint density at radius 2 is 1.88 bits per heavy atom. The predicted octanol–water partition coefficient (Wildman–Crippen LogP) is 1.88. The van der Waals surface area contributed by atoms with Crippen LogP contribution in [0.3, 0.4) is 0 Å². The maximum Gasteiger partial charge on any atom is 0.0678 e. The Kier molecular flexibility index (Phi) is 3.46. The molecule has 1 aliphatic rings. The van der Waals surface area contributed by atoms with Gasteiger partial charge in [0.05, 0.1) is 12.2 Å². The van der Waals surface area contributed by atoms with Crippen molar-refractivity contribution in [2.24, 2.45) is 0 Å². The van der Waals surface area contributed by atoms with Crippen LogP contribution in [0.25, 0.3) is 0 Å². The second-order valence-electron chi connectivity index (χ2n) is 4.65. The molecule has 0 saturated carbocycles. The van der Waals surface area contributed by atoms with Crippen molar-refractivity contribution in [1.29, 1.82) is 0 Å². The van der Waals surface area contributed by atoms with Crippen LogP contribution in [0.15, 0.2) is 24.3 Å². The van der Waals surface area contributed by atoms with Crippen LogP contribution >= 0.6 is 0 Å². The first-order valence-corrected chi connectivity index (χ1v) is 5.86. The van der Waals surface area contributed by atoms with Gasteiger partial charge >= 0.3 is 0 Å². The molecule has 3 nitrogen and oxygen atoms in total. The molecule has 2 rings (SSSR count). The number of nitrogens with zero attached hydrogens (tertiary/aromatic N) is 1. The predicted molar refractivity (Wildman–Crippen MR) is 66.1 cm³/mol. The van der Waals surface area contributed by atoms with Crippen LogP contribution in [0.1, 0.15) is 19.4 Å². The van der Waals surface area contributed by atoms with Gasteiger partial charge in [0, 0.05) is 25.3 Å². The van der Waals surface area contributed by atoms with Gasteiger partial charge in [-0.15, -0.1) is 0 Å². The van der Waals surface area contributed by atoms with Gasteiger partial charge in [0.1, 0.15) is 0 Å². The van der Waals surface area contributed by atoms with Crippen LogP contribution in [0, 0.1) is 0 Å². The summed E-state index contributed by atoms with van der Waals surface area (Å²) in [7, 11) is 0. The number of benzene rings is 1. The number of anilines is 1. The summed E-state index contributed by atoms with van der Waals surface area (Å²) in [6, 6.07) is 8.07. The van der Waals surface area contributed by atoms with Crippen LogP contribution < -0.4 is 5.73 Å². The van der Waals surface area contributed by atoms with E-state index in [0.717, 1.165) is 25.3 Å². The van der Waals surface area contributed by atoms with Crippen LogP contribution in [0.2, 0.25) is 0 Å². The molecule has 88 valence electrons. The second kappa shape index (κ2) is 4.85. The zero-order valence-corrected chi connectivity index (χ0v) is 10.0. The maximum absolute atomic E-state index is 5.95. The largest absolute Gasteiger partial charge is 0.398 e. The molecule has 0 spiro atoms. The van der Waals surface area contributed by atoms with Gasteiger partial charge < -0.3 is 10.5 Å². The van der Waals surface area contributed by atoms with E-state index in [-0.39, 0.29) is 0 Å². The summed E-state index contributed by atoms with van der Waals surface area (Å²) in [4.78, 5) is 2.41. The molecule has 1 fully saturated rings. The Balaban J connectivity index is 2.02. The molecule has 0 aromatic heterocycles. The van der Waals surface area contributed by atoms with Gasteiger partial charge in [-0.05, 0) is 25.5 Å². The third-order valence-electron chi connectivity index (χ3n) is 2.94. The summed E-state index contributed by atoms with van der Waals surface area (Å²) in [5, 5.41) is 0. The number of hydrogen-bond acceptors (Lipinski definition) is 3. The lowest BCUT2D eigenvalue weighted by Gasteiger charge is -2.35. The van der Waals surface area contributed by atoms with Crippen molar-refractivity contribution in [3.05, 3.63) is 29.8 Å². The molecule has 0 aliphatic carbocycles. The van der Waals surface area contributed by atoms with Gasteiger partial charge in [-0.3, -0.25) is 4.90 Å². The second-order valence-corrected chi connectivity index (χ2v) is 4.65. The van der Waals surface area contributed by atoms with Crippen LogP contribution in [0.4, 0.5) is 5.69 Å². The molecule has 1 aliphatic heterocycles. The highest BCUT2D eigenvalue weighted by Crippen LogP contribution is 2.17. The zero-order chi connectivity index (χ0) is 11.5. The third-order valence-corrected chi connectivity index (χ3v) is 2.94. The summed E-state index contributed by atoms with van der Waals surface area (Å²) in [6.45, 7) is 7.14. The molecule has 1 aromatic rings. The van der Waals surface area contributed by atoms with Gasteiger partial charge in [-0.25, -0.2) is 0 Å². The van der Waals surface area contributed by atoms with E-state index in [1.165, 1.54) is 5.56 Å². The number of nitrogens with two attached hydrogens (primary N) is 1. The van der Waals surface area contributed by atoms with Crippen molar-refractivity contribution in [2.75, 3.05) is 18.8 Å². The summed E-state index contributed by atoms with van der Waals surface area (Å²) in [5.41, 5.74) is 8.04. The molecule has 16 heavy (non-hydrogen) atoms. The van der Waals surface area contributed by atoms with Gasteiger partial charge in [0.2, 0.25) is 0 Å². The Labute approximate surface area is 97.2 Å². The lowest BCUT2D eigenvalue weighted by Crippen LogP contribution is -2.44. The van der Waals surface area contributed by atoms with E-state index in [4.69, 9.17) is 10.5 Å². The number of para-hydroxylation sites is 1. The summed E-state index contributed by atoms with van der Waals surface area (Å²) >= 11 is 0. The molecule has 3 heteroatoms. The first-order valence-electron chi connectivity index (χ1n) is 5.86. The van der Waals surface area contributed by atoms with Crippen molar-refractivity contribution >= 4 is 5.69 Å². The third kappa shape index (κ3) is 2.74. The van der Waals surface area contributed by atoms with E-state index in [9.17, 15) is 0 Å². The number of nitrogen functional groups attached to an aromatic ring is 1. The Bertz CT molecular complexity index is 344. The SMILES string of the molecule is C[C@@H]1CN(Cc2ccccc2N)C[C@@H](C)O1. The topological polar surface area (TPSA) is 38.5 Å². The molecule has 1 aromatic carbocycles. The molecule has 2 N–H and O–H groups in total. The minimum Gasteiger partial charge on any atom is -0.398 e. The number of morpholine rings is 1. The van der Waals surface area contributed by atoms with Gasteiger partial charge in [0.15, 0.2) is 0 Å². The van der Waals surface area contributed by atoms with Crippen molar-refractivity contribution in [1.82, 2.24) is 4.90 Å². The summed E-state index contributed by atoms with van der Waals surface area (Å²) < 4.78 is 5.71. The number of ether oxygens (including phenoxy) is 1. The van der Waals surface area contributed by atoms with E-state index < -0.39 is 0 Å². The maximum atomic E-state index is 5.95. The van der Waals surface area contributed by atoms with Gasteiger partial charge in [-0.2, -0.15) is 0 Å². The molecule has 1 saturated heterocycles. The first kappa shape index (κ1) is 11.4. The monoisotopic (exact) mass is 220 g/mol. The van der Waals surface area contributed by atoms with Crippen molar-refractivity contribution in [2.45, 2.75) is 32.6 Å². The number of hydrogen-bond donors (Lipinski definition) is 1. The standard InChI is InChI=1S/C13H20N2O/c1-10-7-15(8-11(2)16-10)9-12-5-3-4-6-13(12)14/h3-6,10-11H,7-9,14H2,1-2H3/t10-,11-/m1/s1. The Morgan fingerprint density at radius 1 is 1.25 bits per heavy atom. The molecular formula is C13H20N2O. The van der Waals surface area contributed by atoms with Gasteiger partial charge in [0.25, 0.3) is 0 Å². The minimum absolute atomic E-state index is 0.314. The average Bonchev–Trinajstić information content (AvgIpc) is 2.20. The molecule has 0 unspecified atom stereocenters. The van der Waals surface area contributed by atoms with E-state index in [0.29, 0.717) is 12.2 Å². The van der Waals surface area contributed by atoms with E-state index >= 15 is 0 Å². The highest BCUT2D eigenvalue weighted by molar-refractivity contribution is 5.46. The van der Waals surface area contributed by atoms with Crippen molar-refractivity contribution < 1.29 is 4.74 Å². The Morgan fingerprint density at radius 3 is 2.50 bits per heavy atom. The Hall–Kier alpha value is -1.06. The fourth-order valence-electron chi connectivity index (χ4n) is 2.33. The summed E-state index contributed by atoms with van der Waals surface area (Å²) in [5.74, 6) is 0. The lowest BCUT2D eigenvalue weighted by atomic mass is 10.1. The fraction of sp³-hybridized carbons (Fsp3) is 0.538. The van der Waals surface area contributed by atoms with E-state index in [1.807, 2.05) is 18.2 Å². The van der Waals surface area contributed by atoms with Crippen molar-refractivity contribution in [3.63, 3.8) is 0 Å². The zero-order valence-electron chi connectivity index (χ0n) is 10.0. The van der Waals surface area contributed by atoms with E-state index in [2.05, 4.69) is 24.8 Å². The molecular weight excluding hydrogens is 200 g/mol. The van der Waals surface area contributed by atoms with Crippen LogP contribution in [-0.4, -0.2) is 30.2 Å². The molecule has 2 atom stereocenters. The average molecular weight is 220 g/mol. The normalized spacial score (nSPS) is 26.9. The van der Waals surface area contributed by atoms with Crippen LogP contribution in [-0.2, 0) is 11.3 Å².